The normalized spacial score (nSPS) is 11.5. The summed E-state index contributed by atoms with van der Waals surface area (Å²) in [4.78, 5) is 20.6. The van der Waals surface area contributed by atoms with Crippen molar-refractivity contribution in [1.29, 1.82) is 0 Å². The Balaban J connectivity index is 0.841. The van der Waals surface area contributed by atoms with E-state index in [1.807, 2.05) is 36.4 Å². The molecule has 0 saturated heterocycles. The lowest BCUT2D eigenvalue weighted by Crippen LogP contribution is -1.97. The van der Waals surface area contributed by atoms with E-state index >= 15 is 0 Å². The van der Waals surface area contributed by atoms with Crippen molar-refractivity contribution in [2.45, 2.75) is 13.8 Å². The first-order valence-corrected chi connectivity index (χ1v) is 22.3. The molecule has 0 unspecified atom stereocenters. The Labute approximate surface area is 382 Å². The van der Waals surface area contributed by atoms with Crippen LogP contribution in [0.25, 0.3) is 112 Å². The average Bonchev–Trinajstić information content (AvgIpc) is 3.95. The first-order valence-electron chi connectivity index (χ1n) is 22.3. The second-order valence-corrected chi connectivity index (χ2v) is 16.9. The highest BCUT2D eigenvalue weighted by atomic mass is 15.1. The molecule has 312 valence electrons. The number of imidazole rings is 2. The Morgan fingerprint density at radius 2 is 0.591 bits per heavy atom. The van der Waals surface area contributed by atoms with Gasteiger partial charge >= 0.3 is 0 Å². The summed E-state index contributed by atoms with van der Waals surface area (Å²) in [6, 6.07) is 76.7. The van der Waals surface area contributed by atoms with Crippen LogP contribution in [0.15, 0.2) is 218 Å². The summed E-state index contributed by atoms with van der Waals surface area (Å²) in [6.07, 6.45) is 0. The van der Waals surface area contributed by atoms with Crippen LogP contribution in [-0.2, 0) is 0 Å². The highest BCUT2D eigenvalue weighted by Gasteiger charge is 2.18. The highest BCUT2D eigenvalue weighted by molar-refractivity contribution is 5.89. The highest BCUT2D eigenvalue weighted by Crippen LogP contribution is 2.36. The van der Waals surface area contributed by atoms with E-state index in [0.29, 0.717) is 0 Å². The molecule has 6 nitrogen and oxygen atoms in total. The summed E-state index contributed by atoms with van der Waals surface area (Å²) in [5.41, 5.74) is 20.8. The van der Waals surface area contributed by atoms with Crippen molar-refractivity contribution < 1.29 is 0 Å². The molecule has 0 saturated carbocycles. The fourth-order valence-corrected chi connectivity index (χ4v) is 9.10. The third kappa shape index (κ3) is 7.02. The van der Waals surface area contributed by atoms with Gasteiger partial charge in [-0.15, -0.1) is 0 Å². The van der Waals surface area contributed by atoms with Gasteiger partial charge in [-0.2, -0.15) is 0 Å². The van der Waals surface area contributed by atoms with Crippen molar-refractivity contribution >= 4 is 33.1 Å². The van der Waals surface area contributed by atoms with Gasteiger partial charge in [0, 0.05) is 33.6 Å². The minimum Gasteiger partial charge on any atom is -0.292 e. The number of aryl methyl sites for hydroxylation is 2. The van der Waals surface area contributed by atoms with Crippen molar-refractivity contribution in [3.63, 3.8) is 0 Å². The van der Waals surface area contributed by atoms with Crippen molar-refractivity contribution in [3.05, 3.63) is 230 Å². The Morgan fingerprint density at radius 3 is 0.955 bits per heavy atom. The second kappa shape index (κ2) is 16.1. The van der Waals surface area contributed by atoms with Crippen LogP contribution in [0.3, 0.4) is 0 Å². The molecule has 0 atom stereocenters. The van der Waals surface area contributed by atoms with Crippen LogP contribution in [0.5, 0.6) is 0 Å². The van der Waals surface area contributed by atoms with E-state index in [1.165, 1.54) is 11.1 Å². The molecule has 0 amide bonds. The first-order chi connectivity index (χ1) is 32.5. The number of hydrogen-bond donors (Lipinski definition) is 0. The van der Waals surface area contributed by atoms with Gasteiger partial charge in [0.1, 0.15) is 11.6 Å². The van der Waals surface area contributed by atoms with Gasteiger partial charge in [0.25, 0.3) is 0 Å². The molecule has 0 aliphatic carbocycles. The standard InChI is InChI=1S/C60H42N6/c1-39-17-35-53-55(37-39)65(49-11-5-3-6-12-49)59(63-53)47-31-23-43(24-32-47)41-19-27-45(28-20-41)57-58(62-52-16-10-9-15-51(52)61-57)46-29-21-42(22-30-46)44-25-33-48(34-26-44)60-64-54-36-18-40(2)38-56(54)66(60)50-13-7-4-8-14-50/h3-38H,1-2H3. The van der Waals surface area contributed by atoms with Crippen molar-refractivity contribution in [2.75, 3.05) is 0 Å². The van der Waals surface area contributed by atoms with Crippen LogP contribution in [0.1, 0.15) is 11.1 Å². The van der Waals surface area contributed by atoms with E-state index in [2.05, 4.69) is 205 Å². The lowest BCUT2D eigenvalue weighted by Gasteiger charge is -2.13. The van der Waals surface area contributed by atoms with Crippen LogP contribution in [-0.4, -0.2) is 29.1 Å². The molecular formula is C60H42N6. The smallest absolute Gasteiger partial charge is 0.145 e. The predicted octanol–water partition coefficient (Wildman–Crippen LogP) is 14.9. The number of aromatic nitrogens is 6. The monoisotopic (exact) mass is 846 g/mol. The fourth-order valence-electron chi connectivity index (χ4n) is 9.10. The van der Waals surface area contributed by atoms with E-state index in [-0.39, 0.29) is 0 Å². The molecule has 12 aromatic rings. The summed E-state index contributed by atoms with van der Waals surface area (Å²) in [7, 11) is 0. The molecule has 3 aromatic heterocycles. The maximum absolute atomic E-state index is 5.21. The van der Waals surface area contributed by atoms with Gasteiger partial charge in [-0.25, -0.2) is 19.9 Å². The summed E-state index contributed by atoms with van der Waals surface area (Å²) in [5.74, 6) is 1.84. The van der Waals surface area contributed by atoms with E-state index in [0.717, 1.165) is 112 Å². The maximum atomic E-state index is 5.21. The maximum Gasteiger partial charge on any atom is 0.145 e. The van der Waals surface area contributed by atoms with Gasteiger partial charge in [-0.05, 0) is 108 Å². The first kappa shape index (κ1) is 38.9. The topological polar surface area (TPSA) is 61.4 Å². The second-order valence-electron chi connectivity index (χ2n) is 16.9. The lowest BCUT2D eigenvalue weighted by molar-refractivity contribution is 1.10. The van der Waals surface area contributed by atoms with Gasteiger partial charge in [0.05, 0.1) is 44.5 Å². The zero-order valence-electron chi connectivity index (χ0n) is 36.5. The van der Waals surface area contributed by atoms with Crippen molar-refractivity contribution in [3.8, 4) is 78.9 Å². The number of rotatable bonds is 8. The zero-order chi connectivity index (χ0) is 44.1. The average molecular weight is 847 g/mol. The molecule has 3 heterocycles. The largest absolute Gasteiger partial charge is 0.292 e. The number of hydrogen-bond acceptors (Lipinski definition) is 4. The molecule has 12 rings (SSSR count). The summed E-state index contributed by atoms with van der Waals surface area (Å²) >= 11 is 0. The Morgan fingerprint density at radius 1 is 0.273 bits per heavy atom. The van der Waals surface area contributed by atoms with Crippen LogP contribution in [0, 0.1) is 13.8 Å². The number of para-hydroxylation sites is 4. The van der Waals surface area contributed by atoms with E-state index in [1.54, 1.807) is 0 Å². The molecule has 9 aromatic carbocycles. The quantitative estimate of drug-likeness (QED) is 0.153. The molecule has 0 N–H and O–H groups in total. The Bertz CT molecular complexity index is 3470. The van der Waals surface area contributed by atoms with Gasteiger partial charge < -0.3 is 0 Å². The summed E-state index contributed by atoms with van der Waals surface area (Å²) < 4.78 is 4.51. The SMILES string of the molecule is Cc1ccc2nc(-c3ccc(-c4ccc(-c5nc6ccccc6nc5-c5ccc(-c6ccc(-c7nc8ccc(C)cc8n7-c7ccccc7)cc6)cc5)cc4)cc3)n(-c3ccccc3)c2c1. The van der Waals surface area contributed by atoms with E-state index in [4.69, 9.17) is 19.9 Å². The molecule has 0 spiro atoms. The van der Waals surface area contributed by atoms with Gasteiger partial charge in [0.2, 0.25) is 0 Å². The van der Waals surface area contributed by atoms with Crippen molar-refractivity contribution in [2.24, 2.45) is 0 Å². The van der Waals surface area contributed by atoms with Crippen LogP contribution in [0.4, 0.5) is 0 Å². The van der Waals surface area contributed by atoms with E-state index < -0.39 is 0 Å². The van der Waals surface area contributed by atoms with Crippen LogP contribution >= 0.6 is 0 Å². The van der Waals surface area contributed by atoms with Crippen LogP contribution < -0.4 is 0 Å². The molecule has 0 aliphatic heterocycles. The molecule has 66 heavy (non-hydrogen) atoms. The molecule has 0 fully saturated rings. The van der Waals surface area contributed by atoms with Gasteiger partial charge in [-0.1, -0.05) is 158 Å². The molecule has 6 heteroatoms. The lowest BCUT2D eigenvalue weighted by atomic mass is 9.97. The Kier molecular flexibility index (Phi) is 9.50. The minimum atomic E-state index is 0.847. The summed E-state index contributed by atoms with van der Waals surface area (Å²) in [5, 5.41) is 0. The Hall–Kier alpha value is -8.74. The molecule has 0 radical (unpaired) electrons. The number of fused-ring (bicyclic) bond motifs is 3. The van der Waals surface area contributed by atoms with Gasteiger partial charge in [0.15, 0.2) is 0 Å². The zero-order valence-corrected chi connectivity index (χ0v) is 36.5. The minimum absolute atomic E-state index is 0.847. The van der Waals surface area contributed by atoms with E-state index in [9.17, 15) is 0 Å². The molecule has 0 bridgehead atoms. The van der Waals surface area contributed by atoms with Crippen LogP contribution in [0.2, 0.25) is 0 Å². The number of benzene rings is 9. The molecular weight excluding hydrogens is 805 g/mol. The predicted molar refractivity (Wildman–Crippen MR) is 271 cm³/mol. The van der Waals surface area contributed by atoms with Crippen molar-refractivity contribution in [1.82, 2.24) is 29.1 Å². The van der Waals surface area contributed by atoms with Gasteiger partial charge in [-0.3, -0.25) is 9.13 Å². The fraction of sp³-hybridized carbons (Fsp3) is 0.0333. The third-order valence-corrected chi connectivity index (χ3v) is 12.5. The molecule has 0 aliphatic rings. The summed E-state index contributed by atoms with van der Waals surface area (Å²) in [6.45, 7) is 4.25. The third-order valence-electron chi connectivity index (χ3n) is 12.5. The number of nitrogens with zero attached hydrogens (tertiary/aromatic N) is 6.